The number of likely N-dealkylation sites (N-methyl/N-ethyl adjacent to an activating group) is 1. The van der Waals surface area contributed by atoms with Crippen LogP contribution in [0.1, 0.15) is 380 Å². The third kappa shape index (κ3) is 66.0. The molecule has 10 heteroatoms. The summed E-state index contributed by atoms with van der Waals surface area (Å²) in [5.41, 5.74) is 0. The zero-order valence-electron chi connectivity index (χ0n) is 53.9. The number of carbonyl (C=O) groups excluding carboxylic acids is 2. The molecule has 2 atom stereocenters. The molecule has 0 aromatic heterocycles. The maximum Gasteiger partial charge on any atom is 0.472 e. The lowest BCUT2D eigenvalue weighted by molar-refractivity contribution is -0.870. The van der Waals surface area contributed by atoms with Crippen LogP contribution < -0.4 is 0 Å². The molecule has 0 bridgehead atoms. The van der Waals surface area contributed by atoms with Crippen molar-refractivity contribution >= 4 is 19.8 Å². The minimum atomic E-state index is -4.38. The molecule has 0 rings (SSSR count). The SMILES string of the molecule is CCCCCCCCCCCCCCCCCCCCCCCCCCCCCCCCCCCCCCCC(=O)OC(COC(=O)CCCCCCCCCCCCCCCCCCCC)COP(=O)(O)OCC[N+](C)(C)C. The molecular weight excluding hydrogens is 1000 g/mol. The molecular formula is C69H139NO8P+. The predicted molar refractivity (Wildman–Crippen MR) is 340 cm³/mol. The summed E-state index contributed by atoms with van der Waals surface area (Å²) in [5.74, 6) is -0.769. The Morgan fingerprint density at radius 2 is 0.570 bits per heavy atom. The maximum atomic E-state index is 12.9. The molecule has 0 fully saturated rings. The van der Waals surface area contributed by atoms with Crippen molar-refractivity contribution in [3.05, 3.63) is 0 Å². The zero-order valence-corrected chi connectivity index (χ0v) is 54.8. The van der Waals surface area contributed by atoms with E-state index in [-0.39, 0.29) is 25.6 Å². The Morgan fingerprint density at radius 1 is 0.342 bits per heavy atom. The standard InChI is InChI=1S/C69H138NO8P/c1-6-8-10-12-14-16-18-20-22-24-26-27-28-29-30-31-32-33-34-35-36-37-38-39-40-41-42-43-44-46-48-50-52-54-56-58-60-62-69(72)78-67(66-77-79(73,74)76-64-63-70(3,4)5)65-75-68(71)61-59-57-55-53-51-49-47-45-25-23-21-19-17-15-13-11-9-7-2/h67H,6-66H2,1-5H3/p+1. The first-order valence-electron chi connectivity index (χ1n) is 35.3. The Balaban J connectivity index is 3.88. The van der Waals surface area contributed by atoms with Crippen LogP contribution in [-0.4, -0.2) is 74.9 Å². The van der Waals surface area contributed by atoms with Crippen LogP contribution in [0.5, 0.6) is 0 Å². The number of quaternary nitrogens is 1. The van der Waals surface area contributed by atoms with Gasteiger partial charge in [0.1, 0.15) is 19.8 Å². The smallest absolute Gasteiger partial charge is 0.462 e. The molecule has 0 amide bonds. The van der Waals surface area contributed by atoms with Gasteiger partial charge < -0.3 is 18.9 Å². The van der Waals surface area contributed by atoms with Crippen LogP contribution in [0.15, 0.2) is 0 Å². The number of unbranched alkanes of at least 4 members (excludes halogenated alkanes) is 53. The highest BCUT2D eigenvalue weighted by Gasteiger charge is 2.27. The van der Waals surface area contributed by atoms with E-state index in [0.717, 1.165) is 38.5 Å². The summed E-state index contributed by atoms with van der Waals surface area (Å²) in [5, 5.41) is 0. The average Bonchev–Trinajstić information content (AvgIpc) is 3.41. The predicted octanol–water partition coefficient (Wildman–Crippen LogP) is 22.6. The van der Waals surface area contributed by atoms with Crippen molar-refractivity contribution in [1.29, 1.82) is 0 Å². The molecule has 0 aromatic rings. The van der Waals surface area contributed by atoms with Gasteiger partial charge in [0, 0.05) is 12.8 Å². The van der Waals surface area contributed by atoms with Gasteiger partial charge >= 0.3 is 19.8 Å². The normalized spacial score (nSPS) is 13.0. The van der Waals surface area contributed by atoms with E-state index in [0.29, 0.717) is 17.4 Å². The van der Waals surface area contributed by atoms with E-state index < -0.39 is 26.5 Å². The van der Waals surface area contributed by atoms with Crippen LogP contribution >= 0.6 is 7.82 Å². The molecule has 0 aromatic carbocycles. The van der Waals surface area contributed by atoms with Gasteiger partial charge in [-0.05, 0) is 12.8 Å². The Labute approximate surface area is 493 Å². The van der Waals surface area contributed by atoms with Crippen molar-refractivity contribution in [1.82, 2.24) is 0 Å². The molecule has 0 aliphatic heterocycles. The second-order valence-electron chi connectivity index (χ2n) is 25.6. The lowest BCUT2D eigenvalue weighted by Crippen LogP contribution is -2.37. The second kappa shape index (κ2) is 61.6. The fourth-order valence-electron chi connectivity index (χ4n) is 11.0. The highest BCUT2D eigenvalue weighted by molar-refractivity contribution is 7.47. The molecule has 0 saturated carbocycles. The van der Waals surface area contributed by atoms with Crippen LogP contribution in [0.4, 0.5) is 0 Å². The first-order valence-corrected chi connectivity index (χ1v) is 36.8. The number of esters is 2. The molecule has 1 N–H and O–H groups in total. The molecule has 79 heavy (non-hydrogen) atoms. The minimum Gasteiger partial charge on any atom is -0.462 e. The van der Waals surface area contributed by atoms with Gasteiger partial charge in [-0.3, -0.25) is 18.6 Å². The highest BCUT2D eigenvalue weighted by atomic mass is 31.2. The van der Waals surface area contributed by atoms with E-state index in [2.05, 4.69) is 13.8 Å². The number of phosphoric ester groups is 1. The van der Waals surface area contributed by atoms with E-state index in [1.165, 1.54) is 315 Å². The molecule has 472 valence electrons. The second-order valence-corrected chi connectivity index (χ2v) is 27.1. The number of ether oxygens (including phenoxy) is 2. The molecule has 0 radical (unpaired) electrons. The molecule has 9 nitrogen and oxygen atoms in total. The van der Waals surface area contributed by atoms with E-state index in [9.17, 15) is 19.0 Å². The van der Waals surface area contributed by atoms with Crippen LogP contribution in [0.2, 0.25) is 0 Å². The van der Waals surface area contributed by atoms with Crippen LogP contribution in [0, 0.1) is 0 Å². The Morgan fingerprint density at radius 3 is 0.810 bits per heavy atom. The van der Waals surface area contributed by atoms with Gasteiger partial charge in [0.25, 0.3) is 0 Å². The van der Waals surface area contributed by atoms with E-state index in [4.69, 9.17) is 18.5 Å². The number of carbonyl (C=O) groups is 2. The maximum absolute atomic E-state index is 12.9. The Bertz CT molecular complexity index is 1290. The largest absolute Gasteiger partial charge is 0.472 e. The summed E-state index contributed by atoms with van der Waals surface area (Å²) in [6.07, 6.45) is 73.7. The lowest BCUT2D eigenvalue weighted by Gasteiger charge is -2.24. The molecule has 0 heterocycles. The van der Waals surface area contributed by atoms with Crippen molar-refractivity contribution in [2.75, 3.05) is 47.5 Å². The third-order valence-electron chi connectivity index (χ3n) is 16.4. The van der Waals surface area contributed by atoms with Crippen LogP contribution in [0.3, 0.4) is 0 Å². The quantitative estimate of drug-likeness (QED) is 0.0278. The Kier molecular flexibility index (Phi) is 60.8. The van der Waals surface area contributed by atoms with E-state index in [1.54, 1.807) is 0 Å². The van der Waals surface area contributed by atoms with Crippen LogP contribution in [-0.2, 0) is 32.7 Å². The van der Waals surface area contributed by atoms with E-state index >= 15 is 0 Å². The van der Waals surface area contributed by atoms with Gasteiger partial charge in [-0.15, -0.1) is 0 Å². The van der Waals surface area contributed by atoms with Gasteiger partial charge in [-0.2, -0.15) is 0 Å². The van der Waals surface area contributed by atoms with Crippen molar-refractivity contribution in [2.24, 2.45) is 0 Å². The zero-order chi connectivity index (χ0) is 57.7. The topological polar surface area (TPSA) is 108 Å². The summed E-state index contributed by atoms with van der Waals surface area (Å²) in [4.78, 5) is 35.8. The third-order valence-corrected chi connectivity index (χ3v) is 17.4. The van der Waals surface area contributed by atoms with Crippen molar-refractivity contribution in [3.63, 3.8) is 0 Å². The first-order chi connectivity index (χ1) is 38.5. The van der Waals surface area contributed by atoms with E-state index in [1.807, 2.05) is 21.1 Å². The first kappa shape index (κ1) is 78.0. The van der Waals surface area contributed by atoms with Gasteiger partial charge in [-0.25, -0.2) is 4.57 Å². The molecule has 0 aliphatic rings. The van der Waals surface area contributed by atoms with Gasteiger partial charge in [0.05, 0.1) is 27.7 Å². The average molecular weight is 1140 g/mol. The number of hydrogen-bond acceptors (Lipinski definition) is 7. The number of nitrogens with zero attached hydrogens (tertiary/aromatic N) is 1. The minimum absolute atomic E-state index is 0.0376. The summed E-state index contributed by atoms with van der Waals surface area (Å²) < 4.78 is 34.7. The summed E-state index contributed by atoms with van der Waals surface area (Å²) in [6.45, 7) is 4.52. The highest BCUT2D eigenvalue weighted by Crippen LogP contribution is 2.43. The molecule has 0 aliphatic carbocycles. The van der Waals surface area contributed by atoms with Crippen molar-refractivity contribution in [2.45, 2.75) is 386 Å². The van der Waals surface area contributed by atoms with Gasteiger partial charge in [0.2, 0.25) is 0 Å². The lowest BCUT2D eigenvalue weighted by atomic mass is 10.0. The fraction of sp³-hybridized carbons (Fsp3) is 0.971. The molecule has 2 unspecified atom stereocenters. The van der Waals surface area contributed by atoms with Crippen LogP contribution in [0.25, 0.3) is 0 Å². The number of hydrogen-bond donors (Lipinski definition) is 1. The van der Waals surface area contributed by atoms with Gasteiger partial charge in [0.15, 0.2) is 6.10 Å². The molecule has 0 saturated heterocycles. The summed E-state index contributed by atoms with van der Waals surface area (Å²) in [7, 11) is 1.51. The monoisotopic (exact) mass is 1140 g/mol. The number of phosphoric acid groups is 1. The fourth-order valence-corrected chi connectivity index (χ4v) is 11.7. The van der Waals surface area contributed by atoms with Crippen molar-refractivity contribution in [3.8, 4) is 0 Å². The van der Waals surface area contributed by atoms with Crippen molar-refractivity contribution < 1.29 is 42.1 Å². The molecule has 0 spiro atoms. The van der Waals surface area contributed by atoms with Gasteiger partial charge in [-0.1, -0.05) is 354 Å². The number of rotatable bonds is 67. The summed E-state index contributed by atoms with van der Waals surface area (Å²) >= 11 is 0. The summed E-state index contributed by atoms with van der Waals surface area (Å²) in [6, 6.07) is 0. The Hall–Kier alpha value is -0.990.